The molecule has 0 aliphatic heterocycles. The molecule has 2 N–H and O–H groups in total. The van der Waals surface area contributed by atoms with Crippen LogP contribution < -0.4 is 20.1 Å². The molecule has 7 heteroatoms. The highest BCUT2D eigenvalue weighted by Crippen LogP contribution is 2.28. The third-order valence-electron chi connectivity index (χ3n) is 3.11. The molecule has 6 nitrogen and oxygen atoms in total. The molecular weight excluding hydrogens is 421 g/mol. The van der Waals surface area contributed by atoms with Gasteiger partial charge in [-0.15, -0.1) is 24.0 Å². The number of rotatable bonds is 10. The second-order valence-corrected chi connectivity index (χ2v) is 4.89. The summed E-state index contributed by atoms with van der Waals surface area (Å²) in [6.45, 7) is 7.57. The lowest BCUT2D eigenvalue weighted by molar-refractivity contribution is 0.195. The van der Waals surface area contributed by atoms with Gasteiger partial charge >= 0.3 is 0 Å². The molecule has 0 bridgehead atoms. The van der Waals surface area contributed by atoms with Crippen LogP contribution in [0.3, 0.4) is 0 Å². The number of benzene rings is 1. The van der Waals surface area contributed by atoms with Crippen molar-refractivity contribution in [2.24, 2.45) is 4.99 Å². The number of aliphatic imine (C=N–C) groups is 1. The minimum atomic E-state index is 0. The first-order valence-electron chi connectivity index (χ1n) is 8.05. The van der Waals surface area contributed by atoms with E-state index in [0.29, 0.717) is 13.2 Å². The molecule has 0 saturated carbocycles. The van der Waals surface area contributed by atoms with Gasteiger partial charge in [-0.2, -0.15) is 0 Å². The van der Waals surface area contributed by atoms with Crippen molar-refractivity contribution in [2.45, 2.75) is 26.8 Å². The SMILES string of the molecule is CCNC(=NCc1ccc(OC)c(OCC)c1)NCCCOC.I. The minimum absolute atomic E-state index is 0. The van der Waals surface area contributed by atoms with Gasteiger partial charge in [0.15, 0.2) is 17.5 Å². The van der Waals surface area contributed by atoms with Crippen molar-refractivity contribution < 1.29 is 14.2 Å². The Morgan fingerprint density at radius 1 is 1.12 bits per heavy atom. The van der Waals surface area contributed by atoms with Crippen LogP contribution in [0.15, 0.2) is 23.2 Å². The van der Waals surface area contributed by atoms with E-state index in [2.05, 4.69) is 15.6 Å². The van der Waals surface area contributed by atoms with E-state index in [9.17, 15) is 0 Å². The highest BCUT2D eigenvalue weighted by molar-refractivity contribution is 14.0. The molecule has 0 radical (unpaired) electrons. The molecule has 1 aromatic rings. The van der Waals surface area contributed by atoms with Crippen LogP contribution in [0.5, 0.6) is 11.5 Å². The molecule has 0 aliphatic rings. The molecule has 1 aromatic carbocycles. The summed E-state index contributed by atoms with van der Waals surface area (Å²) in [5, 5.41) is 6.53. The zero-order valence-corrected chi connectivity index (χ0v) is 17.4. The summed E-state index contributed by atoms with van der Waals surface area (Å²) < 4.78 is 15.9. The maximum Gasteiger partial charge on any atom is 0.191 e. The van der Waals surface area contributed by atoms with Crippen LogP contribution in [-0.4, -0.2) is 46.5 Å². The van der Waals surface area contributed by atoms with Crippen molar-refractivity contribution in [1.29, 1.82) is 0 Å². The first kappa shape index (κ1) is 22.8. The van der Waals surface area contributed by atoms with E-state index in [4.69, 9.17) is 14.2 Å². The van der Waals surface area contributed by atoms with Gasteiger partial charge in [-0.3, -0.25) is 0 Å². The van der Waals surface area contributed by atoms with Crippen molar-refractivity contribution >= 4 is 29.9 Å². The topological polar surface area (TPSA) is 64.1 Å². The summed E-state index contributed by atoms with van der Waals surface area (Å²) in [6, 6.07) is 5.88. The summed E-state index contributed by atoms with van der Waals surface area (Å²) in [5.74, 6) is 2.29. The fourth-order valence-electron chi connectivity index (χ4n) is 2.02. The quantitative estimate of drug-likeness (QED) is 0.248. The number of nitrogens with zero attached hydrogens (tertiary/aromatic N) is 1. The Hall–Kier alpha value is -1.22. The first-order chi connectivity index (χ1) is 11.2. The predicted octanol–water partition coefficient (Wildman–Crippen LogP) is 2.80. The second-order valence-electron chi connectivity index (χ2n) is 4.89. The molecule has 0 aromatic heterocycles. The third-order valence-corrected chi connectivity index (χ3v) is 3.11. The zero-order chi connectivity index (χ0) is 16.9. The van der Waals surface area contributed by atoms with Gasteiger partial charge in [0.2, 0.25) is 0 Å². The predicted molar refractivity (Wildman–Crippen MR) is 109 cm³/mol. The summed E-state index contributed by atoms with van der Waals surface area (Å²) in [4.78, 5) is 4.60. The van der Waals surface area contributed by atoms with E-state index in [1.54, 1.807) is 14.2 Å². The Kier molecular flexibility index (Phi) is 13.4. The van der Waals surface area contributed by atoms with Gasteiger partial charge in [-0.25, -0.2) is 4.99 Å². The van der Waals surface area contributed by atoms with E-state index in [1.807, 2.05) is 32.0 Å². The fourth-order valence-corrected chi connectivity index (χ4v) is 2.02. The molecule has 1 rings (SSSR count). The smallest absolute Gasteiger partial charge is 0.191 e. The van der Waals surface area contributed by atoms with Crippen LogP contribution in [0, 0.1) is 0 Å². The molecule has 0 aliphatic carbocycles. The van der Waals surface area contributed by atoms with Gasteiger partial charge in [-0.05, 0) is 38.0 Å². The number of nitrogens with one attached hydrogen (secondary N) is 2. The van der Waals surface area contributed by atoms with Crippen LogP contribution >= 0.6 is 24.0 Å². The standard InChI is InChI=1S/C17H29N3O3.HI/c1-5-18-17(19-10-7-11-21-3)20-13-14-8-9-15(22-4)16(12-14)23-6-2;/h8-9,12H,5-7,10-11,13H2,1-4H3,(H2,18,19,20);1H. The Balaban J connectivity index is 0.00000529. The van der Waals surface area contributed by atoms with Crippen molar-refractivity contribution in [3.8, 4) is 11.5 Å². The summed E-state index contributed by atoms with van der Waals surface area (Å²) in [7, 11) is 3.35. The number of methoxy groups -OCH3 is 2. The second kappa shape index (κ2) is 14.2. The van der Waals surface area contributed by atoms with Gasteiger partial charge in [0.05, 0.1) is 20.3 Å². The average Bonchev–Trinajstić information content (AvgIpc) is 2.57. The fraction of sp³-hybridized carbons (Fsp3) is 0.588. The van der Waals surface area contributed by atoms with Gasteiger partial charge in [0.1, 0.15) is 0 Å². The van der Waals surface area contributed by atoms with Crippen LogP contribution in [0.25, 0.3) is 0 Å². The van der Waals surface area contributed by atoms with Gasteiger partial charge in [0.25, 0.3) is 0 Å². The first-order valence-corrected chi connectivity index (χ1v) is 8.05. The number of guanidine groups is 1. The number of hydrogen-bond acceptors (Lipinski definition) is 4. The molecule has 0 fully saturated rings. The Morgan fingerprint density at radius 3 is 2.54 bits per heavy atom. The minimum Gasteiger partial charge on any atom is -0.493 e. The molecule has 0 spiro atoms. The van der Waals surface area contributed by atoms with E-state index in [1.165, 1.54) is 0 Å². The van der Waals surface area contributed by atoms with Gasteiger partial charge in [0, 0.05) is 26.8 Å². The maximum absolute atomic E-state index is 5.60. The molecule has 0 amide bonds. The summed E-state index contributed by atoms with van der Waals surface area (Å²) in [5.41, 5.74) is 1.07. The van der Waals surface area contributed by atoms with Crippen LogP contribution in [-0.2, 0) is 11.3 Å². The largest absolute Gasteiger partial charge is 0.493 e. The van der Waals surface area contributed by atoms with Gasteiger partial charge in [-0.1, -0.05) is 6.07 Å². The normalized spacial score (nSPS) is 10.8. The molecule has 24 heavy (non-hydrogen) atoms. The molecule has 0 saturated heterocycles. The highest BCUT2D eigenvalue weighted by Gasteiger charge is 2.05. The van der Waals surface area contributed by atoms with E-state index in [-0.39, 0.29) is 24.0 Å². The lowest BCUT2D eigenvalue weighted by Gasteiger charge is -2.12. The number of ether oxygens (including phenoxy) is 3. The monoisotopic (exact) mass is 451 g/mol. The lowest BCUT2D eigenvalue weighted by Crippen LogP contribution is -2.38. The van der Waals surface area contributed by atoms with Crippen LogP contribution in [0.2, 0.25) is 0 Å². The molecule has 138 valence electrons. The van der Waals surface area contributed by atoms with Crippen LogP contribution in [0.4, 0.5) is 0 Å². The van der Waals surface area contributed by atoms with E-state index >= 15 is 0 Å². The van der Waals surface area contributed by atoms with Crippen molar-refractivity contribution in [3.05, 3.63) is 23.8 Å². The number of halogens is 1. The Morgan fingerprint density at radius 2 is 1.92 bits per heavy atom. The third kappa shape index (κ3) is 8.58. The van der Waals surface area contributed by atoms with Gasteiger partial charge < -0.3 is 24.8 Å². The van der Waals surface area contributed by atoms with Crippen molar-refractivity contribution in [3.63, 3.8) is 0 Å². The van der Waals surface area contributed by atoms with Crippen molar-refractivity contribution in [1.82, 2.24) is 10.6 Å². The number of hydrogen-bond donors (Lipinski definition) is 2. The highest BCUT2D eigenvalue weighted by atomic mass is 127. The van der Waals surface area contributed by atoms with E-state index < -0.39 is 0 Å². The van der Waals surface area contributed by atoms with Crippen molar-refractivity contribution in [2.75, 3.05) is 40.5 Å². The maximum atomic E-state index is 5.60. The molecule has 0 atom stereocenters. The average molecular weight is 451 g/mol. The Bertz CT molecular complexity index is 484. The Labute approximate surface area is 162 Å². The summed E-state index contributed by atoms with van der Waals surface area (Å²) in [6.07, 6.45) is 0.942. The zero-order valence-electron chi connectivity index (χ0n) is 15.1. The molecule has 0 heterocycles. The van der Waals surface area contributed by atoms with E-state index in [0.717, 1.165) is 49.1 Å². The summed E-state index contributed by atoms with van der Waals surface area (Å²) >= 11 is 0. The molecular formula is C17H30IN3O3. The molecule has 0 unspecified atom stereocenters. The lowest BCUT2D eigenvalue weighted by atomic mass is 10.2. The van der Waals surface area contributed by atoms with Crippen LogP contribution in [0.1, 0.15) is 25.8 Å².